The fourth-order valence-corrected chi connectivity index (χ4v) is 2.91. The van der Waals surface area contributed by atoms with Crippen molar-refractivity contribution in [2.75, 3.05) is 5.32 Å². The number of rotatable bonds is 4. The molecule has 4 nitrogen and oxygen atoms in total. The molecule has 0 amide bonds. The zero-order chi connectivity index (χ0) is 16.6. The molecule has 0 aliphatic rings. The van der Waals surface area contributed by atoms with Gasteiger partial charge in [0.1, 0.15) is 5.82 Å². The number of hydrogen-bond donors (Lipinski definition) is 1. The Hall–Kier alpha value is -2.07. The third-order valence-electron chi connectivity index (χ3n) is 4.04. The maximum Gasteiger partial charge on any atom is 0.165 e. The third kappa shape index (κ3) is 2.91. The van der Waals surface area contributed by atoms with Crippen molar-refractivity contribution in [1.29, 1.82) is 0 Å². The Balaban J connectivity index is 2.25. The first-order valence-electron chi connectivity index (χ1n) is 7.89. The molecule has 120 valence electrons. The zero-order valence-electron chi connectivity index (χ0n) is 13.9. The van der Waals surface area contributed by atoms with Gasteiger partial charge in [-0.1, -0.05) is 36.7 Å². The lowest BCUT2D eigenvalue weighted by Crippen LogP contribution is -2.16. The van der Waals surface area contributed by atoms with Gasteiger partial charge < -0.3 is 5.32 Å². The Kier molecular flexibility index (Phi) is 4.26. The first kappa shape index (κ1) is 15.8. The Morgan fingerprint density at radius 3 is 2.70 bits per heavy atom. The van der Waals surface area contributed by atoms with Crippen molar-refractivity contribution in [3.63, 3.8) is 0 Å². The second-order valence-corrected chi connectivity index (χ2v) is 6.32. The molecule has 0 radical (unpaired) electrons. The lowest BCUT2D eigenvalue weighted by Gasteiger charge is -2.14. The van der Waals surface area contributed by atoms with Gasteiger partial charge in [0.25, 0.3) is 0 Å². The summed E-state index contributed by atoms with van der Waals surface area (Å²) in [5.41, 5.74) is 4.67. The van der Waals surface area contributed by atoms with Gasteiger partial charge in [0.2, 0.25) is 0 Å². The number of nitrogens with one attached hydrogen (secondary N) is 1. The van der Waals surface area contributed by atoms with E-state index in [0.29, 0.717) is 11.1 Å². The summed E-state index contributed by atoms with van der Waals surface area (Å²) in [6.07, 6.45) is 1.04. The molecule has 23 heavy (non-hydrogen) atoms. The normalized spacial score (nSPS) is 12.6. The van der Waals surface area contributed by atoms with Crippen LogP contribution in [-0.2, 0) is 0 Å². The van der Waals surface area contributed by atoms with E-state index in [1.807, 2.05) is 48.7 Å². The summed E-state index contributed by atoms with van der Waals surface area (Å²) in [6.45, 7) is 8.32. The van der Waals surface area contributed by atoms with E-state index in [0.717, 1.165) is 40.4 Å². The topological polar surface area (TPSA) is 42.2 Å². The average Bonchev–Trinajstić information content (AvgIpc) is 2.84. The van der Waals surface area contributed by atoms with Crippen LogP contribution in [0.2, 0.25) is 5.02 Å². The van der Waals surface area contributed by atoms with Gasteiger partial charge in [0.15, 0.2) is 5.65 Å². The van der Waals surface area contributed by atoms with E-state index in [9.17, 15) is 0 Å². The minimum absolute atomic E-state index is 0.369. The van der Waals surface area contributed by atoms with Crippen molar-refractivity contribution >= 4 is 23.1 Å². The molecule has 0 bridgehead atoms. The SMILES string of the molecule is CCC(C)Nc1cc(C)nc2c(-c3ccccc3Cl)c(C)nn12. The lowest BCUT2D eigenvalue weighted by atomic mass is 10.1. The maximum absolute atomic E-state index is 6.39. The van der Waals surface area contributed by atoms with Crippen LogP contribution in [-0.4, -0.2) is 20.6 Å². The van der Waals surface area contributed by atoms with E-state index in [1.165, 1.54) is 0 Å². The number of aromatic nitrogens is 3. The fourth-order valence-electron chi connectivity index (χ4n) is 2.68. The molecule has 1 atom stereocenters. The van der Waals surface area contributed by atoms with Crippen LogP contribution in [0.3, 0.4) is 0 Å². The van der Waals surface area contributed by atoms with E-state index in [-0.39, 0.29) is 0 Å². The molecule has 2 aromatic heterocycles. The second-order valence-electron chi connectivity index (χ2n) is 5.91. The number of hydrogen-bond acceptors (Lipinski definition) is 3. The average molecular weight is 329 g/mol. The van der Waals surface area contributed by atoms with Crippen molar-refractivity contribution < 1.29 is 0 Å². The molecule has 0 saturated heterocycles. The van der Waals surface area contributed by atoms with Gasteiger partial charge in [-0.25, -0.2) is 4.98 Å². The van der Waals surface area contributed by atoms with Crippen LogP contribution < -0.4 is 5.32 Å². The van der Waals surface area contributed by atoms with E-state index in [4.69, 9.17) is 21.7 Å². The second kappa shape index (κ2) is 6.20. The highest BCUT2D eigenvalue weighted by atomic mass is 35.5. The first-order valence-corrected chi connectivity index (χ1v) is 8.27. The molecule has 3 aromatic rings. The van der Waals surface area contributed by atoms with Crippen LogP contribution in [0.4, 0.5) is 5.82 Å². The zero-order valence-corrected chi connectivity index (χ0v) is 14.6. The van der Waals surface area contributed by atoms with Crippen molar-refractivity contribution in [2.45, 2.75) is 40.2 Å². The largest absolute Gasteiger partial charge is 0.367 e. The summed E-state index contributed by atoms with van der Waals surface area (Å²) in [6, 6.07) is 10.2. The van der Waals surface area contributed by atoms with Gasteiger partial charge >= 0.3 is 0 Å². The first-order chi connectivity index (χ1) is 11.0. The molecule has 0 spiro atoms. The molecule has 0 aliphatic heterocycles. The summed E-state index contributed by atoms with van der Waals surface area (Å²) in [4.78, 5) is 4.71. The van der Waals surface area contributed by atoms with Crippen LogP contribution in [0, 0.1) is 13.8 Å². The van der Waals surface area contributed by atoms with Gasteiger partial charge in [-0.05, 0) is 33.3 Å². The summed E-state index contributed by atoms with van der Waals surface area (Å²) < 4.78 is 1.88. The van der Waals surface area contributed by atoms with E-state index < -0.39 is 0 Å². The van der Waals surface area contributed by atoms with E-state index >= 15 is 0 Å². The van der Waals surface area contributed by atoms with Gasteiger partial charge in [0.05, 0.1) is 11.3 Å². The Morgan fingerprint density at radius 2 is 2.00 bits per heavy atom. The van der Waals surface area contributed by atoms with E-state index in [1.54, 1.807) is 0 Å². The lowest BCUT2D eigenvalue weighted by molar-refractivity contribution is 0.747. The molecule has 3 rings (SSSR count). The fraction of sp³-hybridized carbons (Fsp3) is 0.333. The van der Waals surface area contributed by atoms with Crippen LogP contribution in [0.1, 0.15) is 31.7 Å². The van der Waals surface area contributed by atoms with Crippen LogP contribution in [0.25, 0.3) is 16.8 Å². The molecule has 1 N–H and O–H groups in total. The smallest absolute Gasteiger partial charge is 0.165 e. The molecule has 0 saturated carbocycles. The molecule has 1 aromatic carbocycles. The highest BCUT2D eigenvalue weighted by Gasteiger charge is 2.18. The number of fused-ring (bicyclic) bond motifs is 1. The summed E-state index contributed by atoms with van der Waals surface area (Å²) in [5.74, 6) is 0.961. The predicted octanol–water partition coefficient (Wildman–Crippen LogP) is 4.88. The van der Waals surface area contributed by atoms with Crippen molar-refractivity contribution in [3.8, 4) is 11.1 Å². The number of anilines is 1. The predicted molar refractivity (Wildman–Crippen MR) is 96.3 cm³/mol. The quantitative estimate of drug-likeness (QED) is 0.742. The van der Waals surface area contributed by atoms with Crippen LogP contribution >= 0.6 is 11.6 Å². The molecule has 2 heterocycles. The Morgan fingerprint density at radius 1 is 1.26 bits per heavy atom. The van der Waals surface area contributed by atoms with Crippen LogP contribution in [0.5, 0.6) is 0 Å². The number of halogens is 1. The summed E-state index contributed by atoms with van der Waals surface area (Å²) >= 11 is 6.39. The monoisotopic (exact) mass is 328 g/mol. The van der Waals surface area contributed by atoms with Gasteiger partial charge in [0, 0.05) is 28.4 Å². The molecule has 1 unspecified atom stereocenters. The summed E-state index contributed by atoms with van der Waals surface area (Å²) in [5, 5.41) is 8.91. The molecular formula is C18H21ClN4. The van der Waals surface area contributed by atoms with Crippen molar-refractivity contribution in [3.05, 3.63) is 46.7 Å². The minimum atomic E-state index is 0.369. The summed E-state index contributed by atoms with van der Waals surface area (Å²) in [7, 11) is 0. The highest BCUT2D eigenvalue weighted by molar-refractivity contribution is 6.33. The van der Waals surface area contributed by atoms with Gasteiger partial charge in [-0.2, -0.15) is 9.61 Å². The van der Waals surface area contributed by atoms with Gasteiger partial charge in [-0.15, -0.1) is 0 Å². The number of benzene rings is 1. The third-order valence-corrected chi connectivity index (χ3v) is 4.37. The van der Waals surface area contributed by atoms with E-state index in [2.05, 4.69) is 19.2 Å². The standard InChI is InChI=1S/C18H21ClN4/c1-5-11(2)20-16-10-12(3)21-18-17(13(4)22-23(16)18)14-8-6-7-9-15(14)19/h6-11,20H,5H2,1-4H3. The highest BCUT2D eigenvalue weighted by Crippen LogP contribution is 2.33. The van der Waals surface area contributed by atoms with Crippen molar-refractivity contribution in [1.82, 2.24) is 14.6 Å². The number of aryl methyl sites for hydroxylation is 2. The maximum atomic E-state index is 6.39. The van der Waals surface area contributed by atoms with Crippen LogP contribution in [0.15, 0.2) is 30.3 Å². The Labute approximate surface area is 141 Å². The molecular weight excluding hydrogens is 308 g/mol. The molecule has 5 heteroatoms. The minimum Gasteiger partial charge on any atom is -0.367 e. The number of nitrogens with zero attached hydrogens (tertiary/aromatic N) is 3. The molecule has 0 fully saturated rings. The van der Waals surface area contributed by atoms with Crippen molar-refractivity contribution in [2.24, 2.45) is 0 Å². The Bertz CT molecular complexity index is 854. The van der Waals surface area contributed by atoms with Gasteiger partial charge in [-0.3, -0.25) is 0 Å². The molecule has 0 aliphatic carbocycles.